The van der Waals surface area contributed by atoms with E-state index in [1.165, 1.54) is 44.1 Å². The topological polar surface area (TPSA) is 38.1 Å². The number of likely N-dealkylation sites (tertiary alicyclic amines) is 1. The van der Waals surface area contributed by atoms with Crippen LogP contribution in [-0.4, -0.2) is 33.7 Å². The molecule has 1 aromatic rings. The molecule has 0 atom stereocenters. The fourth-order valence-corrected chi connectivity index (χ4v) is 4.64. The number of piperidine rings is 1. The van der Waals surface area contributed by atoms with Gasteiger partial charge in [-0.15, -0.1) is 0 Å². The molecule has 0 unspecified atom stereocenters. The van der Waals surface area contributed by atoms with E-state index in [1.807, 2.05) is 20.0 Å². The number of nitrogens with zero attached hydrogens (tertiary/aromatic N) is 3. The lowest BCUT2D eigenvalue weighted by atomic mass is 9.74. The Balaban J connectivity index is 1.47. The van der Waals surface area contributed by atoms with E-state index in [-0.39, 0.29) is 5.92 Å². The van der Waals surface area contributed by atoms with Gasteiger partial charge >= 0.3 is 0 Å². The monoisotopic (exact) mass is 345 g/mol. The van der Waals surface area contributed by atoms with Gasteiger partial charge in [-0.3, -0.25) is 9.48 Å². The maximum absolute atomic E-state index is 12.1. The molecule has 3 rings (SSSR count). The molecule has 1 amide bonds. The third-order valence-electron chi connectivity index (χ3n) is 6.42. The number of carbonyl (C=O) groups is 1. The summed E-state index contributed by atoms with van der Waals surface area (Å²) in [6.07, 6.45) is 11.9. The van der Waals surface area contributed by atoms with E-state index in [4.69, 9.17) is 0 Å². The minimum atomic E-state index is 0.136. The molecular formula is C21H35N3O. The first-order valence-corrected chi connectivity index (χ1v) is 10.3. The smallest absolute Gasteiger partial charge is 0.225 e. The number of hydrogen-bond acceptors (Lipinski definition) is 2. The van der Waals surface area contributed by atoms with Crippen LogP contribution in [0.5, 0.6) is 0 Å². The summed E-state index contributed by atoms with van der Waals surface area (Å²) in [6.45, 7) is 10.4. The van der Waals surface area contributed by atoms with Crippen molar-refractivity contribution in [2.75, 3.05) is 13.1 Å². The van der Waals surface area contributed by atoms with Gasteiger partial charge in [-0.2, -0.15) is 5.10 Å². The van der Waals surface area contributed by atoms with Crippen LogP contribution < -0.4 is 0 Å². The Morgan fingerprint density at radius 2 is 1.60 bits per heavy atom. The Hall–Kier alpha value is -1.32. The molecule has 0 spiro atoms. The zero-order valence-corrected chi connectivity index (χ0v) is 16.4. The Morgan fingerprint density at radius 3 is 2.12 bits per heavy atom. The van der Waals surface area contributed by atoms with Gasteiger partial charge in [-0.05, 0) is 61.8 Å². The first-order chi connectivity index (χ1) is 12.0. The summed E-state index contributed by atoms with van der Waals surface area (Å²) in [6, 6.07) is 0.589. The molecule has 140 valence electrons. The van der Waals surface area contributed by atoms with Gasteiger partial charge in [0, 0.05) is 25.2 Å². The van der Waals surface area contributed by atoms with E-state index in [2.05, 4.69) is 34.7 Å². The van der Waals surface area contributed by atoms with E-state index in [9.17, 15) is 4.79 Å². The maximum atomic E-state index is 12.1. The Morgan fingerprint density at radius 1 is 1.00 bits per heavy atom. The highest BCUT2D eigenvalue weighted by atomic mass is 16.2. The number of rotatable bonds is 4. The Labute approximate surface area is 153 Å². The summed E-state index contributed by atoms with van der Waals surface area (Å²) in [5.41, 5.74) is 1.35. The van der Waals surface area contributed by atoms with Crippen LogP contribution in [-0.2, 0) is 4.79 Å². The second kappa shape index (κ2) is 7.92. The molecule has 0 radical (unpaired) electrons. The predicted molar refractivity (Wildman–Crippen MR) is 101 cm³/mol. The van der Waals surface area contributed by atoms with Crippen molar-refractivity contribution >= 4 is 5.91 Å². The molecule has 0 N–H and O–H groups in total. The molecule has 0 bridgehead atoms. The Kier molecular flexibility index (Phi) is 5.85. The van der Waals surface area contributed by atoms with Crippen molar-refractivity contribution in [1.29, 1.82) is 0 Å². The number of aromatic nitrogens is 2. The van der Waals surface area contributed by atoms with Gasteiger partial charge in [0.25, 0.3) is 0 Å². The number of hydrogen-bond donors (Lipinski definition) is 0. The highest BCUT2D eigenvalue weighted by Crippen LogP contribution is 2.39. The van der Waals surface area contributed by atoms with Crippen LogP contribution in [0.3, 0.4) is 0 Å². The molecule has 0 aromatic carbocycles. The minimum Gasteiger partial charge on any atom is -0.342 e. The number of amides is 1. The molecule has 1 saturated heterocycles. The molecule has 25 heavy (non-hydrogen) atoms. The maximum Gasteiger partial charge on any atom is 0.225 e. The second-order valence-electron chi connectivity index (χ2n) is 8.79. The van der Waals surface area contributed by atoms with E-state index in [0.29, 0.717) is 17.9 Å². The molecule has 1 saturated carbocycles. The quantitative estimate of drug-likeness (QED) is 0.798. The highest BCUT2D eigenvalue weighted by molar-refractivity contribution is 5.78. The fourth-order valence-electron chi connectivity index (χ4n) is 4.64. The van der Waals surface area contributed by atoms with Gasteiger partial charge in [-0.25, -0.2) is 0 Å². The summed E-state index contributed by atoms with van der Waals surface area (Å²) in [7, 11) is 0. The van der Waals surface area contributed by atoms with Crippen molar-refractivity contribution in [3.05, 3.63) is 18.0 Å². The zero-order chi connectivity index (χ0) is 18.0. The van der Waals surface area contributed by atoms with Gasteiger partial charge in [0.05, 0.1) is 12.2 Å². The molecule has 2 fully saturated rings. The van der Waals surface area contributed by atoms with Gasteiger partial charge in [0.15, 0.2) is 0 Å². The standard InChI is InChI=1S/C21H35N3O/c1-15(2)19-13-22-24(14-19)20-7-5-17(6-8-20)18-9-11-23(12-10-18)21(25)16(3)4/h13-18,20H,5-12H2,1-4H3. The third kappa shape index (κ3) is 4.27. The van der Waals surface area contributed by atoms with Crippen molar-refractivity contribution < 1.29 is 4.79 Å². The lowest BCUT2D eigenvalue weighted by Gasteiger charge is -2.39. The summed E-state index contributed by atoms with van der Waals surface area (Å²) in [5.74, 6) is 2.70. The van der Waals surface area contributed by atoms with Crippen LogP contribution >= 0.6 is 0 Å². The molecule has 4 nitrogen and oxygen atoms in total. The predicted octanol–water partition coefficient (Wildman–Crippen LogP) is 4.63. The van der Waals surface area contributed by atoms with Crippen molar-refractivity contribution in [2.24, 2.45) is 17.8 Å². The van der Waals surface area contributed by atoms with E-state index < -0.39 is 0 Å². The summed E-state index contributed by atoms with van der Waals surface area (Å²) in [5, 5.41) is 4.62. The van der Waals surface area contributed by atoms with E-state index in [1.54, 1.807) is 0 Å². The van der Waals surface area contributed by atoms with Gasteiger partial charge < -0.3 is 4.90 Å². The van der Waals surface area contributed by atoms with Crippen molar-refractivity contribution in [3.8, 4) is 0 Å². The molecule has 2 aliphatic rings. The molecular weight excluding hydrogens is 310 g/mol. The second-order valence-corrected chi connectivity index (χ2v) is 8.79. The Bertz CT molecular complexity index is 561. The van der Waals surface area contributed by atoms with Crippen LogP contribution in [0, 0.1) is 17.8 Å². The van der Waals surface area contributed by atoms with Crippen LogP contribution in [0.2, 0.25) is 0 Å². The molecule has 1 aliphatic carbocycles. The van der Waals surface area contributed by atoms with Crippen molar-refractivity contribution in [2.45, 2.75) is 78.2 Å². The summed E-state index contributed by atoms with van der Waals surface area (Å²) in [4.78, 5) is 14.2. The average Bonchev–Trinajstić information content (AvgIpc) is 3.12. The van der Waals surface area contributed by atoms with Crippen LogP contribution in [0.15, 0.2) is 12.4 Å². The molecule has 2 heterocycles. The first-order valence-electron chi connectivity index (χ1n) is 10.3. The summed E-state index contributed by atoms with van der Waals surface area (Å²) >= 11 is 0. The van der Waals surface area contributed by atoms with Crippen molar-refractivity contribution in [3.63, 3.8) is 0 Å². The largest absolute Gasteiger partial charge is 0.342 e. The lowest BCUT2D eigenvalue weighted by molar-refractivity contribution is -0.136. The number of carbonyl (C=O) groups excluding carboxylic acids is 1. The fraction of sp³-hybridized carbons (Fsp3) is 0.810. The first kappa shape index (κ1) is 18.5. The molecule has 1 aromatic heterocycles. The molecule has 4 heteroatoms. The van der Waals surface area contributed by atoms with Gasteiger partial charge in [-0.1, -0.05) is 27.7 Å². The van der Waals surface area contributed by atoms with Crippen LogP contribution in [0.4, 0.5) is 0 Å². The van der Waals surface area contributed by atoms with Crippen molar-refractivity contribution in [1.82, 2.24) is 14.7 Å². The van der Waals surface area contributed by atoms with Crippen LogP contribution in [0.1, 0.15) is 83.7 Å². The van der Waals surface area contributed by atoms with Gasteiger partial charge in [0.1, 0.15) is 0 Å². The van der Waals surface area contributed by atoms with Gasteiger partial charge in [0.2, 0.25) is 5.91 Å². The lowest BCUT2D eigenvalue weighted by Crippen LogP contribution is -2.42. The highest BCUT2D eigenvalue weighted by Gasteiger charge is 2.32. The SMILES string of the molecule is CC(C)C(=O)N1CCC(C2CCC(n3cc(C(C)C)cn3)CC2)CC1. The third-order valence-corrected chi connectivity index (χ3v) is 6.42. The van der Waals surface area contributed by atoms with E-state index >= 15 is 0 Å². The zero-order valence-electron chi connectivity index (χ0n) is 16.4. The van der Waals surface area contributed by atoms with Crippen LogP contribution in [0.25, 0.3) is 0 Å². The minimum absolute atomic E-state index is 0.136. The average molecular weight is 346 g/mol. The molecule has 1 aliphatic heterocycles. The summed E-state index contributed by atoms with van der Waals surface area (Å²) < 4.78 is 2.22. The van der Waals surface area contributed by atoms with E-state index in [0.717, 1.165) is 24.9 Å². The normalized spacial score (nSPS) is 25.8.